The van der Waals surface area contributed by atoms with Crippen molar-refractivity contribution in [3.63, 3.8) is 0 Å². The second kappa shape index (κ2) is 11.1. The number of rotatable bonds is 8. The molecule has 1 aliphatic rings. The van der Waals surface area contributed by atoms with E-state index in [4.69, 9.17) is 4.74 Å². The maximum atomic E-state index is 12.8. The van der Waals surface area contributed by atoms with Crippen LogP contribution in [0, 0.1) is 30.1 Å². The van der Waals surface area contributed by atoms with Crippen LogP contribution in [-0.4, -0.2) is 5.97 Å². The zero-order chi connectivity index (χ0) is 22.2. The van der Waals surface area contributed by atoms with Gasteiger partial charge in [-0.2, -0.15) is 5.26 Å². The Morgan fingerprint density at radius 3 is 2.48 bits per heavy atom. The van der Waals surface area contributed by atoms with Crippen molar-refractivity contribution in [3.8, 4) is 11.8 Å². The molecule has 2 aromatic carbocycles. The van der Waals surface area contributed by atoms with E-state index >= 15 is 0 Å². The van der Waals surface area contributed by atoms with Crippen molar-refractivity contribution >= 4 is 5.97 Å². The summed E-state index contributed by atoms with van der Waals surface area (Å²) < 4.78 is 5.70. The van der Waals surface area contributed by atoms with E-state index in [9.17, 15) is 10.1 Å². The van der Waals surface area contributed by atoms with E-state index in [0.717, 1.165) is 37.7 Å². The molecular formula is C28H35NO2. The van der Waals surface area contributed by atoms with Crippen molar-refractivity contribution in [2.45, 2.75) is 78.1 Å². The summed E-state index contributed by atoms with van der Waals surface area (Å²) in [6.07, 6.45) is 8.26. The van der Waals surface area contributed by atoms with Gasteiger partial charge in [0, 0.05) is 0 Å². The minimum absolute atomic E-state index is 0.0815. The first-order chi connectivity index (χ1) is 15.0. The van der Waals surface area contributed by atoms with Crippen molar-refractivity contribution < 1.29 is 9.53 Å². The molecule has 1 aliphatic carbocycles. The fourth-order valence-electron chi connectivity index (χ4n) is 4.63. The molecule has 1 unspecified atom stereocenters. The summed E-state index contributed by atoms with van der Waals surface area (Å²) in [6.45, 7) is 6.56. The van der Waals surface area contributed by atoms with Crippen LogP contribution >= 0.6 is 0 Å². The zero-order valence-corrected chi connectivity index (χ0v) is 19.2. The van der Waals surface area contributed by atoms with Gasteiger partial charge in [-0.05, 0) is 74.1 Å². The molecule has 0 amide bonds. The Balaban J connectivity index is 1.56. The van der Waals surface area contributed by atoms with Gasteiger partial charge in [-0.3, -0.25) is 4.79 Å². The third-order valence-electron chi connectivity index (χ3n) is 6.62. The number of aryl methyl sites for hydroxylation is 1. The van der Waals surface area contributed by atoms with E-state index in [2.05, 4.69) is 51.1 Å². The molecule has 0 heterocycles. The summed E-state index contributed by atoms with van der Waals surface area (Å²) in [5.74, 6) is 1.24. The number of benzene rings is 2. The van der Waals surface area contributed by atoms with Crippen molar-refractivity contribution in [1.82, 2.24) is 0 Å². The molecule has 0 bridgehead atoms. The Morgan fingerprint density at radius 1 is 1.13 bits per heavy atom. The van der Waals surface area contributed by atoms with Crippen LogP contribution in [0.15, 0.2) is 42.5 Å². The lowest BCUT2D eigenvalue weighted by Gasteiger charge is -2.27. The van der Waals surface area contributed by atoms with Crippen LogP contribution in [0.4, 0.5) is 0 Å². The lowest BCUT2D eigenvalue weighted by atomic mass is 9.78. The Kier molecular flexibility index (Phi) is 8.29. The number of hydrogen-bond acceptors (Lipinski definition) is 3. The van der Waals surface area contributed by atoms with Crippen molar-refractivity contribution in [2.75, 3.05) is 0 Å². The van der Waals surface area contributed by atoms with Crippen LogP contribution in [0.25, 0.3) is 0 Å². The average Bonchev–Trinajstić information content (AvgIpc) is 2.79. The fourth-order valence-corrected chi connectivity index (χ4v) is 4.63. The average molecular weight is 418 g/mol. The monoisotopic (exact) mass is 417 g/mol. The summed E-state index contributed by atoms with van der Waals surface area (Å²) in [6, 6.07) is 16.6. The van der Waals surface area contributed by atoms with Crippen LogP contribution in [0.3, 0.4) is 0 Å². The summed E-state index contributed by atoms with van der Waals surface area (Å²) in [7, 11) is 0. The summed E-state index contributed by atoms with van der Waals surface area (Å²) >= 11 is 0. The number of nitrogens with zero attached hydrogens (tertiary/aromatic N) is 1. The number of unbranched alkanes of at least 4 members (excludes halogenated alkanes) is 1. The molecule has 0 saturated heterocycles. The van der Waals surface area contributed by atoms with E-state index in [1.165, 1.54) is 30.4 Å². The van der Waals surface area contributed by atoms with Gasteiger partial charge in [0.1, 0.15) is 11.8 Å². The van der Waals surface area contributed by atoms with E-state index < -0.39 is 0 Å². The SMILES string of the molecule is CCCCC(C)Cc1ccc(OC(=O)C2CCC(c3ccc(C)cc3)CC2)c(C#N)c1. The van der Waals surface area contributed by atoms with Gasteiger partial charge in [0.05, 0.1) is 11.5 Å². The molecular weight excluding hydrogens is 382 g/mol. The predicted octanol–water partition coefficient (Wildman–Crippen LogP) is 7.11. The molecule has 1 saturated carbocycles. The van der Waals surface area contributed by atoms with Gasteiger partial charge < -0.3 is 4.74 Å². The molecule has 1 atom stereocenters. The van der Waals surface area contributed by atoms with Crippen molar-refractivity contribution in [1.29, 1.82) is 5.26 Å². The Bertz CT molecular complexity index is 902. The molecule has 3 nitrogen and oxygen atoms in total. The first-order valence-electron chi connectivity index (χ1n) is 11.8. The molecule has 164 valence electrons. The van der Waals surface area contributed by atoms with Crippen molar-refractivity contribution in [3.05, 3.63) is 64.7 Å². The van der Waals surface area contributed by atoms with Crippen LogP contribution in [0.5, 0.6) is 5.75 Å². The molecule has 0 radical (unpaired) electrons. The molecule has 0 N–H and O–H groups in total. The number of ether oxygens (including phenoxy) is 1. The molecule has 2 aromatic rings. The van der Waals surface area contributed by atoms with Crippen molar-refractivity contribution in [2.24, 2.45) is 11.8 Å². The molecule has 3 heteroatoms. The van der Waals surface area contributed by atoms with E-state index in [1.807, 2.05) is 12.1 Å². The van der Waals surface area contributed by atoms with Gasteiger partial charge in [-0.15, -0.1) is 0 Å². The number of carbonyl (C=O) groups is 1. The van der Waals surface area contributed by atoms with E-state index in [1.54, 1.807) is 6.07 Å². The minimum Gasteiger partial charge on any atom is -0.425 e. The first-order valence-corrected chi connectivity index (χ1v) is 11.8. The fraction of sp³-hybridized carbons (Fsp3) is 0.500. The van der Waals surface area contributed by atoms with Gasteiger partial charge in [-0.1, -0.05) is 69.0 Å². The topological polar surface area (TPSA) is 50.1 Å². The lowest BCUT2D eigenvalue weighted by Crippen LogP contribution is -2.25. The summed E-state index contributed by atoms with van der Waals surface area (Å²) in [4.78, 5) is 12.8. The number of esters is 1. The number of carbonyl (C=O) groups excluding carboxylic acids is 1. The highest BCUT2D eigenvalue weighted by molar-refractivity contribution is 5.76. The molecule has 3 rings (SSSR count). The highest BCUT2D eigenvalue weighted by Crippen LogP contribution is 2.36. The van der Waals surface area contributed by atoms with E-state index in [0.29, 0.717) is 23.1 Å². The quantitative estimate of drug-likeness (QED) is 0.339. The Labute approximate surface area is 187 Å². The Hall–Kier alpha value is -2.60. The highest BCUT2D eigenvalue weighted by atomic mass is 16.5. The number of hydrogen-bond donors (Lipinski definition) is 0. The summed E-state index contributed by atoms with van der Waals surface area (Å²) in [5.41, 5.74) is 4.24. The van der Waals surface area contributed by atoms with Gasteiger partial charge in [0.15, 0.2) is 0 Å². The third kappa shape index (κ3) is 6.44. The first kappa shape index (κ1) is 23.1. The third-order valence-corrected chi connectivity index (χ3v) is 6.62. The van der Waals surface area contributed by atoms with Crippen LogP contribution < -0.4 is 4.74 Å². The van der Waals surface area contributed by atoms with Crippen LogP contribution in [0.2, 0.25) is 0 Å². The molecule has 0 aromatic heterocycles. The van der Waals surface area contributed by atoms with Gasteiger partial charge >= 0.3 is 5.97 Å². The molecule has 1 fully saturated rings. The second-order valence-corrected chi connectivity index (χ2v) is 9.27. The minimum atomic E-state index is -0.192. The Morgan fingerprint density at radius 2 is 1.84 bits per heavy atom. The predicted molar refractivity (Wildman–Crippen MR) is 125 cm³/mol. The normalized spacial score (nSPS) is 19.4. The molecule has 0 aliphatic heterocycles. The molecule has 31 heavy (non-hydrogen) atoms. The second-order valence-electron chi connectivity index (χ2n) is 9.27. The lowest BCUT2D eigenvalue weighted by molar-refractivity contribution is -0.140. The maximum absolute atomic E-state index is 12.8. The maximum Gasteiger partial charge on any atom is 0.314 e. The standard InChI is InChI=1S/C28H35NO2/c1-4-5-6-21(3)17-22-9-16-27(26(18-22)19-29)31-28(30)25-14-12-24(13-15-25)23-10-7-20(2)8-11-23/h7-11,16,18,21,24-25H,4-6,12-15,17H2,1-3H3. The van der Waals surface area contributed by atoms with Crippen LogP contribution in [0.1, 0.15) is 87.0 Å². The van der Waals surface area contributed by atoms with Gasteiger partial charge in [0.2, 0.25) is 0 Å². The highest BCUT2D eigenvalue weighted by Gasteiger charge is 2.29. The van der Waals surface area contributed by atoms with E-state index in [-0.39, 0.29) is 11.9 Å². The zero-order valence-electron chi connectivity index (χ0n) is 19.2. The van der Waals surface area contributed by atoms with Gasteiger partial charge in [0.25, 0.3) is 0 Å². The summed E-state index contributed by atoms with van der Waals surface area (Å²) in [5, 5.41) is 9.58. The molecule has 0 spiro atoms. The van der Waals surface area contributed by atoms with Gasteiger partial charge in [-0.25, -0.2) is 0 Å². The largest absolute Gasteiger partial charge is 0.425 e. The smallest absolute Gasteiger partial charge is 0.314 e. The van der Waals surface area contributed by atoms with Crippen LogP contribution in [-0.2, 0) is 11.2 Å². The number of nitriles is 1.